The van der Waals surface area contributed by atoms with Gasteiger partial charge < -0.3 is 9.47 Å². The SMILES string of the molecule is COc1ccc(Oc2cc(N=C(NC#N)SC)cc([N+](=O)[O-])c2)cc1. The lowest BCUT2D eigenvalue weighted by Crippen LogP contribution is -2.12. The third-order valence-corrected chi connectivity index (χ3v) is 3.55. The third-order valence-electron chi connectivity index (χ3n) is 2.97. The van der Waals surface area contributed by atoms with E-state index >= 15 is 0 Å². The molecule has 2 aromatic rings. The molecule has 0 amide bonds. The average Bonchev–Trinajstić information content (AvgIpc) is 2.61. The molecule has 1 N–H and O–H groups in total. The highest BCUT2D eigenvalue weighted by Gasteiger charge is 2.12. The van der Waals surface area contributed by atoms with Gasteiger partial charge in [0.1, 0.15) is 17.2 Å². The van der Waals surface area contributed by atoms with Crippen molar-refractivity contribution < 1.29 is 14.4 Å². The number of non-ortho nitro benzene ring substituents is 1. The zero-order valence-corrected chi connectivity index (χ0v) is 14.2. The summed E-state index contributed by atoms with van der Waals surface area (Å²) in [5.41, 5.74) is 0.131. The Morgan fingerprint density at radius 3 is 2.48 bits per heavy atom. The van der Waals surface area contributed by atoms with E-state index in [1.54, 1.807) is 49.9 Å². The zero-order valence-electron chi connectivity index (χ0n) is 13.4. The van der Waals surface area contributed by atoms with Crippen LogP contribution in [0.3, 0.4) is 0 Å². The molecule has 0 bridgehead atoms. The lowest BCUT2D eigenvalue weighted by Gasteiger charge is -2.08. The number of hydrogen-bond donors (Lipinski definition) is 1. The van der Waals surface area contributed by atoms with Gasteiger partial charge in [0, 0.05) is 12.1 Å². The van der Waals surface area contributed by atoms with Crippen molar-refractivity contribution in [2.45, 2.75) is 0 Å². The van der Waals surface area contributed by atoms with E-state index in [4.69, 9.17) is 14.7 Å². The number of amidine groups is 1. The van der Waals surface area contributed by atoms with E-state index in [0.29, 0.717) is 22.4 Å². The summed E-state index contributed by atoms with van der Waals surface area (Å²) in [4.78, 5) is 14.8. The van der Waals surface area contributed by atoms with Gasteiger partial charge in [-0.3, -0.25) is 15.4 Å². The third kappa shape index (κ3) is 5.12. The number of nitrogens with zero attached hydrogens (tertiary/aromatic N) is 3. The Morgan fingerprint density at radius 1 is 1.24 bits per heavy atom. The molecule has 0 fully saturated rings. The first-order chi connectivity index (χ1) is 12.0. The van der Waals surface area contributed by atoms with Crippen molar-refractivity contribution in [2.24, 2.45) is 4.99 Å². The summed E-state index contributed by atoms with van der Waals surface area (Å²) in [6, 6.07) is 11.0. The van der Waals surface area contributed by atoms with E-state index in [1.807, 2.05) is 0 Å². The van der Waals surface area contributed by atoms with Gasteiger partial charge in [-0.25, -0.2) is 4.99 Å². The van der Waals surface area contributed by atoms with Crippen LogP contribution in [-0.4, -0.2) is 23.5 Å². The maximum atomic E-state index is 11.1. The first-order valence-electron chi connectivity index (χ1n) is 6.95. The number of benzene rings is 2. The minimum Gasteiger partial charge on any atom is -0.497 e. The fraction of sp³-hybridized carbons (Fsp3) is 0.125. The molecule has 0 saturated carbocycles. The van der Waals surface area contributed by atoms with Crippen LogP contribution in [0.25, 0.3) is 0 Å². The summed E-state index contributed by atoms with van der Waals surface area (Å²) in [6.07, 6.45) is 3.49. The second kappa shape index (κ2) is 8.56. The lowest BCUT2D eigenvalue weighted by atomic mass is 10.2. The van der Waals surface area contributed by atoms with Gasteiger partial charge in [0.25, 0.3) is 5.69 Å². The number of aliphatic imine (C=N–C) groups is 1. The van der Waals surface area contributed by atoms with Crippen LogP contribution < -0.4 is 14.8 Å². The minimum absolute atomic E-state index is 0.165. The van der Waals surface area contributed by atoms with E-state index in [1.165, 1.54) is 23.9 Å². The molecule has 0 atom stereocenters. The highest BCUT2D eigenvalue weighted by atomic mass is 32.2. The number of nitro groups is 1. The molecule has 9 heteroatoms. The van der Waals surface area contributed by atoms with Gasteiger partial charge in [-0.1, -0.05) is 11.8 Å². The molecule has 0 saturated heterocycles. The van der Waals surface area contributed by atoms with Gasteiger partial charge in [-0.05, 0) is 30.5 Å². The standard InChI is InChI=1S/C16H14N4O4S/c1-23-13-3-5-14(6-4-13)24-15-8-11(7-12(9-15)20(21)22)19-16(25-2)18-10-17/h3-9H,1-2H3,(H,18,19). The molecule has 0 aliphatic rings. The molecule has 0 radical (unpaired) electrons. The molecule has 0 aliphatic heterocycles. The van der Waals surface area contributed by atoms with Crippen LogP contribution in [0.4, 0.5) is 11.4 Å². The van der Waals surface area contributed by atoms with Crippen LogP contribution in [-0.2, 0) is 0 Å². The van der Waals surface area contributed by atoms with Crippen LogP contribution >= 0.6 is 11.8 Å². The summed E-state index contributed by atoms with van der Waals surface area (Å²) in [5, 5.41) is 22.5. The van der Waals surface area contributed by atoms with Crippen LogP contribution in [0.1, 0.15) is 0 Å². The molecular weight excluding hydrogens is 344 g/mol. The number of thioether (sulfide) groups is 1. The molecule has 0 unspecified atom stereocenters. The van der Waals surface area contributed by atoms with Crippen molar-refractivity contribution in [3.05, 3.63) is 52.6 Å². The average molecular weight is 358 g/mol. The van der Waals surface area contributed by atoms with Crippen LogP contribution in [0, 0.1) is 21.6 Å². The first-order valence-corrected chi connectivity index (χ1v) is 8.17. The molecule has 0 heterocycles. The van der Waals surface area contributed by atoms with E-state index in [2.05, 4.69) is 10.3 Å². The normalized spacial score (nSPS) is 10.7. The number of hydrogen-bond acceptors (Lipinski definition) is 7. The second-order valence-electron chi connectivity index (χ2n) is 4.58. The monoisotopic (exact) mass is 358 g/mol. The Kier molecular flexibility index (Phi) is 6.20. The van der Waals surface area contributed by atoms with Gasteiger partial charge in [0.2, 0.25) is 0 Å². The zero-order chi connectivity index (χ0) is 18.2. The first kappa shape index (κ1) is 18.1. The van der Waals surface area contributed by atoms with Crippen molar-refractivity contribution in [3.8, 4) is 23.4 Å². The van der Waals surface area contributed by atoms with E-state index in [-0.39, 0.29) is 11.4 Å². The summed E-state index contributed by atoms with van der Waals surface area (Å²) in [7, 11) is 1.55. The number of nitro benzene ring substituents is 1. The minimum atomic E-state index is -0.531. The Morgan fingerprint density at radius 2 is 1.92 bits per heavy atom. The predicted molar refractivity (Wildman–Crippen MR) is 95.5 cm³/mol. The smallest absolute Gasteiger partial charge is 0.275 e. The van der Waals surface area contributed by atoms with Crippen molar-refractivity contribution in [1.82, 2.24) is 5.32 Å². The molecule has 25 heavy (non-hydrogen) atoms. The highest BCUT2D eigenvalue weighted by Crippen LogP contribution is 2.32. The van der Waals surface area contributed by atoms with Crippen molar-refractivity contribution >= 4 is 28.3 Å². The molecule has 8 nitrogen and oxygen atoms in total. The number of rotatable bonds is 5. The van der Waals surface area contributed by atoms with Gasteiger partial charge in [0.05, 0.1) is 23.8 Å². The molecule has 2 rings (SSSR count). The Hall–Kier alpha value is -3.25. The van der Waals surface area contributed by atoms with Crippen molar-refractivity contribution in [2.75, 3.05) is 13.4 Å². The lowest BCUT2D eigenvalue weighted by molar-refractivity contribution is -0.384. The topological polar surface area (TPSA) is 110 Å². The molecule has 2 aromatic carbocycles. The largest absolute Gasteiger partial charge is 0.497 e. The van der Waals surface area contributed by atoms with Crippen LogP contribution in [0.2, 0.25) is 0 Å². The summed E-state index contributed by atoms with van der Waals surface area (Å²) < 4.78 is 10.7. The summed E-state index contributed by atoms with van der Waals surface area (Å²) in [6.45, 7) is 0. The summed E-state index contributed by atoms with van der Waals surface area (Å²) >= 11 is 1.21. The van der Waals surface area contributed by atoms with Gasteiger partial charge in [-0.2, -0.15) is 5.26 Å². The number of nitrogens with one attached hydrogen (secondary N) is 1. The second-order valence-corrected chi connectivity index (χ2v) is 5.37. The van der Waals surface area contributed by atoms with Crippen LogP contribution in [0.15, 0.2) is 47.5 Å². The highest BCUT2D eigenvalue weighted by molar-refractivity contribution is 8.13. The van der Waals surface area contributed by atoms with Gasteiger partial charge >= 0.3 is 0 Å². The van der Waals surface area contributed by atoms with Gasteiger partial charge in [-0.15, -0.1) is 0 Å². The fourth-order valence-corrected chi connectivity index (χ4v) is 2.21. The molecular formula is C16H14N4O4S. The number of ether oxygens (including phenoxy) is 2. The maximum absolute atomic E-state index is 11.1. The Bertz CT molecular complexity index is 831. The fourth-order valence-electron chi connectivity index (χ4n) is 1.87. The predicted octanol–water partition coefficient (Wildman–Crippen LogP) is 3.82. The maximum Gasteiger partial charge on any atom is 0.275 e. The Balaban J connectivity index is 2.36. The van der Waals surface area contributed by atoms with Crippen molar-refractivity contribution in [1.29, 1.82) is 5.26 Å². The Labute approximate surface area is 148 Å². The number of nitriles is 1. The number of methoxy groups -OCH3 is 1. The summed E-state index contributed by atoms with van der Waals surface area (Å²) in [5.74, 6) is 1.43. The molecule has 0 aliphatic carbocycles. The van der Waals surface area contributed by atoms with E-state index < -0.39 is 4.92 Å². The van der Waals surface area contributed by atoms with Crippen molar-refractivity contribution in [3.63, 3.8) is 0 Å². The van der Waals surface area contributed by atoms with Crippen LogP contribution in [0.5, 0.6) is 17.2 Å². The molecule has 0 aromatic heterocycles. The quantitative estimate of drug-likeness (QED) is 0.216. The van der Waals surface area contributed by atoms with E-state index in [9.17, 15) is 10.1 Å². The van der Waals surface area contributed by atoms with E-state index in [0.717, 1.165) is 0 Å². The molecule has 128 valence electrons. The molecule has 0 spiro atoms. The van der Waals surface area contributed by atoms with Gasteiger partial charge in [0.15, 0.2) is 11.4 Å².